The first-order chi connectivity index (χ1) is 29.1. The maximum Gasteiger partial charge on any atom is 0.143 e. The van der Waals surface area contributed by atoms with Crippen LogP contribution < -0.4 is 4.90 Å². The average molecular weight is 761 g/mol. The average Bonchev–Trinajstić information content (AvgIpc) is 3.83. The van der Waals surface area contributed by atoms with Gasteiger partial charge in [-0.1, -0.05) is 133 Å². The van der Waals surface area contributed by atoms with Crippen LogP contribution in [0.4, 0.5) is 21.5 Å². The molecular weight excluding hydrogens is 724 g/mol. The van der Waals surface area contributed by atoms with Gasteiger partial charge in [0, 0.05) is 49.7 Å². The fourth-order valence-corrected chi connectivity index (χ4v) is 8.83. The quantitative estimate of drug-likeness (QED) is 0.161. The second kappa shape index (κ2) is 14.0. The first-order valence-corrected chi connectivity index (χ1v) is 19.9. The number of para-hydroxylation sites is 4. The third-order valence-electron chi connectivity index (χ3n) is 11.6. The van der Waals surface area contributed by atoms with Gasteiger partial charge >= 0.3 is 0 Å². The summed E-state index contributed by atoms with van der Waals surface area (Å²) in [6.07, 6.45) is 0. The predicted octanol–water partition coefficient (Wildman–Crippen LogP) is 15.6. The van der Waals surface area contributed by atoms with Gasteiger partial charge in [-0.05, 0) is 108 Å². The second-order valence-corrected chi connectivity index (χ2v) is 15.1. The molecule has 0 radical (unpaired) electrons. The number of anilines is 3. The van der Waals surface area contributed by atoms with E-state index >= 15 is 0 Å². The van der Waals surface area contributed by atoms with Crippen LogP contribution in [0.2, 0.25) is 0 Å². The fraction of sp³-hybridized carbons (Fsp3) is 0.0182. The number of fused-ring (bicyclic) bond motifs is 6. The minimum absolute atomic E-state index is 0.254. The highest BCUT2D eigenvalue weighted by molar-refractivity contribution is 6.11. The Labute approximate surface area is 341 Å². The molecule has 11 aromatic rings. The van der Waals surface area contributed by atoms with E-state index in [1.54, 1.807) is 12.1 Å². The van der Waals surface area contributed by atoms with Gasteiger partial charge in [-0.25, -0.2) is 4.39 Å². The predicted molar refractivity (Wildman–Crippen MR) is 244 cm³/mol. The van der Waals surface area contributed by atoms with Crippen molar-refractivity contribution < 1.29 is 8.81 Å². The van der Waals surface area contributed by atoms with E-state index in [0.717, 1.165) is 99.9 Å². The second-order valence-electron chi connectivity index (χ2n) is 15.1. The topological polar surface area (TPSA) is 21.3 Å². The summed E-state index contributed by atoms with van der Waals surface area (Å²) in [4.78, 5) is 2.32. The first-order valence-electron chi connectivity index (χ1n) is 19.9. The molecule has 0 saturated carbocycles. The van der Waals surface area contributed by atoms with Gasteiger partial charge < -0.3 is 13.9 Å². The van der Waals surface area contributed by atoms with E-state index in [2.05, 4.69) is 174 Å². The molecule has 0 aliphatic rings. The molecule has 9 aromatic carbocycles. The molecule has 0 amide bonds. The van der Waals surface area contributed by atoms with Crippen molar-refractivity contribution >= 4 is 60.8 Å². The largest absolute Gasteiger partial charge is 0.455 e. The van der Waals surface area contributed by atoms with E-state index in [9.17, 15) is 4.39 Å². The van der Waals surface area contributed by atoms with Crippen LogP contribution in [0.25, 0.3) is 82.8 Å². The minimum atomic E-state index is -0.254. The zero-order chi connectivity index (χ0) is 39.5. The lowest BCUT2D eigenvalue weighted by Gasteiger charge is -2.27. The molecule has 2 heterocycles. The van der Waals surface area contributed by atoms with Crippen LogP contribution in [0.5, 0.6) is 0 Å². The van der Waals surface area contributed by atoms with Crippen molar-refractivity contribution in [3.8, 4) is 39.1 Å². The minimum Gasteiger partial charge on any atom is -0.455 e. The molecule has 59 heavy (non-hydrogen) atoms. The number of halogens is 1. The summed E-state index contributed by atoms with van der Waals surface area (Å²) in [5.74, 6) is -0.254. The lowest BCUT2D eigenvalue weighted by molar-refractivity contribution is 0.629. The standard InChI is InChI=1S/C55H37FN2O/c1-36-34-43(31-33-44(36)46-14-5-8-19-51(46)58-52-20-9-6-15-47(52)48-32-26-40(56)35-53(48)58)57(41-27-22-38(23-28-41)37-12-3-2-4-13-37)42-29-24-39(25-30-42)45-17-11-18-50-49-16-7-10-21-54(49)59-55(45)50/h2-35H,1H3. The lowest BCUT2D eigenvalue weighted by atomic mass is 9.97. The van der Waals surface area contributed by atoms with Gasteiger partial charge in [0.05, 0.1) is 16.7 Å². The number of benzene rings is 9. The van der Waals surface area contributed by atoms with E-state index < -0.39 is 0 Å². The number of nitrogens with zero attached hydrogens (tertiary/aromatic N) is 2. The molecule has 0 aliphatic carbocycles. The summed E-state index contributed by atoms with van der Waals surface area (Å²) in [7, 11) is 0. The third kappa shape index (κ3) is 5.88. The SMILES string of the molecule is Cc1cc(N(c2ccc(-c3ccccc3)cc2)c2ccc(-c3cccc4c3oc3ccccc34)cc2)ccc1-c1ccccc1-n1c2ccccc2c2ccc(F)cc21. The van der Waals surface area contributed by atoms with Crippen LogP contribution in [-0.4, -0.2) is 4.57 Å². The number of aromatic nitrogens is 1. The Kier molecular flexibility index (Phi) is 8.23. The first kappa shape index (κ1) is 34.5. The molecule has 280 valence electrons. The Morgan fingerprint density at radius 2 is 1.03 bits per heavy atom. The zero-order valence-corrected chi connectivity index (χ0v) is 32.3. The summed E-state index contributed by atoms with van der Waals surface area (Å²) in [6, 6.07) is 71.2. The highest BCUT2D eigenvalue weighted by Gasteiger charge is 2.20. The molecular formula is C55H37FN2O. The van der Waals surface area contributed by atoms with E-state index in [4.69, 9.17) is 4.42 Å². The van der Waals surface area contributed by atoms with Crippen molar-refractivity contribution in [3.63, 3.8) is 0 Å². The normalized spacial score (nSPS) is 11.6. The van der Waals surface area contributed by atoms with E-state index in [0.29, 0.717) is 0 Å². The summed E-state index contributed by atoms with van der Waals surface area (Å²) >= 11 is 0. The molecule has 0 bridgehead atoms. The smallest absolute Gasteiger partial charge is 0.143 e. The maximum atomic E-state index is 14.8. The molecule has 2 aromatic heterocycles. The van der Waals surface area contributed by atoms with Gasteiger partial charge in [0.1, 0.15) is 17.0 Å². The van der Waals surface area contributed by atoms with E-state index in [1.807, 2.05) is 36.4 Å². The van der Waals surface area contributed by atoms with E-state index in [1.165, 1.54) is 5.56 Å². The van der Waals surface area contributed by atoms with Crippen molar-refractivity contribution in [2.24, 2.45) is 0 Å². The van der Waals surface area contributed by atoms with Crippen molar-refractivity contribution in [2.75, 3.05) is 4.90 Å². The Morgan fingerprint density at radius 3 is 1.83 bits per heavy atom. The Morgan fingerprint density at radius 1 is 0.424 bits per heavy atom. The van der Waals surface area contributed by atoms with E-state index in [-0.39, 0.29) is 5.82 Å². The Bertz CT molecular complexity index is 3340. The third-order valence-corrected chi connectivity index (χ3v) is 11.6. The highest BCUT2D eigenvalue weighted by atomic mass is 19.1. The van der Waals surface area contributed by atoms with Crippen LogP contribution in [0.3, 0.4) is 0 Å². The van der Waals surface area contributed by atoms with Gasteiger partial charge in [-0.15, -0.1) is 0 Å². The molecule has 0 N–H and O–H groups in total. The summed E-state index contributed by atoms with van der Waals surface area (Å²) in [5.41, 5.74) is 15.6. The van der Waals surface area contributed by atoms with Crippen molar-refractivity contribution in [3.05, 3.63) is 218 Å². The highest BCUT2D eigenvalue weighted by Crippen LogP contribution is 2.42. The number of hydrogen-bond acceptors (Lipinski definition) is 2. The van der Waals surface area contributed by atoms with Crippen LogP contribution in [0, 0.1) is 12.7 Å². The molecule has 0 atom stereocenters. The fourth-order valence-electron chi connectivity index (χ4n) is 8.83. The monoisotopic (exact) mass is 760 g/mol. The van der Waals surface area contributed by atoms with Gasteiger partial charge in [0.2, 0.25) is 0 Å². The molecule has 4 heteroatoms. The molecule has 0 saturated heterocycles. The molecule has 11 rings (SSSR count). The van der Waals surface area contributed by atoms with Crippen molar-refractivity contribution in [1.82, 2.24) is 4.57 Å². The van der Waals surface area contributed by atoms with Gasteiger partial charge in [0.25, 0.3) is 0 Å². The molecule has 3 nitrogen and oxygen atoms in total. The molecule has 0 fully saturated rings. The number of furan rings is 1. The van der Waals surface area contributed by atoms with Crippen molar-refractivity contribution in [2.45, 2.75) is 6.92 Å². The van der Waals surface area contributed by atoms with Crippen LogP contribution in [-0.2, 0) is 0 Å². The van der Waals surface area contributed by atoms with Crippen molar-refractivity contribution in [1.29, 1.82) is 0 Å². The molecule has 0 spiro atoms. The zero-order valence-electron chi connectivity index (χ0n) is 32.3. The molecule has 0 aliphatic heterocycles. The summed E-state index contributed by atoms with van der Waals surface area (Å²) in [6.45, 7) is 2.18. The van der Waals surface area contributed by atoms with Gasteiger partial charge in [0.15, 0.2) is 0 Å². The van der Waals surface area contributed by atoms with Crippen LogP contribution in [0.1, 0.15) is 5.56 Å². The number of aryl methyl sites for hydroxylation is 1. The lowest BCUT2D eigenvalue weighted by Crippen LogP contribution is -2.10. The summed E-state index contributed by atoms with van der Waals surface area (Å²) in [5, 5.41) is 4.36. The van der Waals surface area contributed by atoms with Crippen LogP contribution in [0.15, 0.2) is 211 Å². The van der Waals surface area contributed by atoms with Crippen LogP contribution >= 0.6 is 0 Å². The molecule has 0 unspecified atom stereocenters. The Balaban J connectivity index is 1.02. The van der Waals surface area contributed by atoms with Gasteiger partial charge in [-0.2, -0.15) is 0 Å². The maximum absolute atomic E-state index is 14.8. The Hall–Kier alpha value is -7.69. The van der Waals surface area contributed by atoms with Gasteiger partial charge in [-0.3, -0.25) is 0 Å². The number of hydrogen-bond donors (Lipinski definition) is 0. The summed E-state index contributed by atoms with van der Waals surface area (Å²) < 4.78 is 23.5. The number of rotatable bonds is 7.